The number of carbonyl (C=O) groups excluding carboxylic acids is 2. The number of rotatable bonds is 6. The van der Waals surface area contributed by atoms with Gasteiger partial charge in [0.05, 0.1) is 11.5 Å². The molecule has 0 bridgehead atoms. The normalized spacial score (nSPS) is 17.5. The molecule has 0 unspecified atom stereocenters. The van der Waals surface area contributed by atoms with Crippen molar-refractivity contribution in [3.05, 3.63) is 22.8 Å². The van der Waals surface area contributed by atoms with Gasteiger partial charge in [-0.05, 0) is 24.8 Å². The quantitative estimate of drug-likeness (QED) is 0.765. The Balaban J connectivity index is 2.00. The van der Waals surface area contributed by atoms with E-state index in [2.05, 4.69) is 15.0 Å². The molecule has 10 heteroatoms. The average molecular weight is 422 g/mol. The number of ether oxygens (including phenoxy) is 1. The third kappa shape index (κ3) is 6.54. The van der Waals surface area contributed by atoms with Crippen molar-refractivity contribution in [1.82, 2.24) is 15.2 Å². The molecule has 1 aromatic heterocycles. The molecule has 1 aliphatic rings. The molecule has 2 rings (SSSR count). The number of amides is 2. The molecule has 6 nitrogen and oxygen atoms in total. The number of hydrogen-bond acceptors (Lipinski definition) is 4. The summed E-state index contributed by atoms with van der Waals surface area (Å²) in [5, 5.41) is 2.69. The Morgan fingerprint density at radius 2 is 2.14 bits per heavy atom. The Morgan fingerprint density at radius 3 is 2.75 bits per heavy atom. The van der Waals surface area contributed by atoms with Crippen molar-refractivity contribution in [2.75, 3.05) is 26.2 Å². The van der Waals surface area contributed by atoms with Gasteiger partial charge in [0.1, 0.15) is 5.02 Å². The minimum Gasteiger partial charge on any atom is -0.467 e. The van der Waals surface area contributed by atoms with Crippen LogP contribution in [0.2, 0.25) is 5.02 Å². The van der Waals surface area contributed by atoms with Gasteiger partial charge in [0, 0.05) is 25.8 Å². The maximum atomic E-state index is 12.7. The van der Waals surface area contributed by atoms with Gasteiger partial charge in [0.2, 0.25) is 11.8 Å². The monoisotopic (exact) mass is 421 g/mol. The lowest BCUT2D eigenvalue weighted by molar-refractivity contribution is -0.154. The summed E-state index contributed by atoms with van der Waals surface area (Å²) in [5.41, 5.74) is 0.132. The first-order valence-corrected chi connectivity index (χ1v) is 9.36. The highest BCUT2D eigenvalue weighted by atomic mass is 35.5. The van der Waals surface area contributed by atoms with Crippen molar-refractivity contribution >= 4 is 23.4 Å². The van der Waals surface area contributed by atoms with E-state index in [1.165, 1.54) is 11.0 Å². The van der Waals surface area contributed by atoms with Gasteiger partial charge in [-0.3, -0.25) is 9.59 Å². The summed E-state index contributed by atoms with van der Waals surface area (Å²) in [6.45, 7) is 3.80. The van der Waals surface area contributed by atoms with Gasteiger partial charge in [0.25, 0.3) is 5.91 Å². The van der Waals surface area contributed by atoms with Gasteiger partial charge in [-0.25, -0.2) is 4.98 Å². The Morgan fingerprint density at radius 1 is 1.43 bits per heavy atom. The molecule has 28 heavy (non-hydrogen) atoms. The lowest BCUT2D eigenvalue weighted by Crippen LogP contribution is -2.46. The number of aromatic nitrogens is 1. The smallest absolute Gasteiger partial charge is 0.422 e. The maximum absolute atomic E-state index is 12.7. The van der Waals surface area contributed by atoms with Crippen LogP contribution in [0.3, 0.4) is 0 Å². The zero-order valence-electron chi connectivity index (χ0n) is 15.7. The van der Waals surface area contributed by atoms with E-state index >= 15 is 0 Å². The number of nitrogens with zero attached hydrogens (tertiary/aromatic N) is 2. The molecule has 1 aliphatic heterocycles. The summed E-state index contributed by atoms with van der Waals surface area (Å²) in [4.78, 5) is 30.2. The molecule has 2 amide bonds. The Kier molecular flexibility index (Phi) is 7.51. The van der Waals surface area contributed by atoms with E-state index in [4.69, 9.17) is 11.6 Å². The second kappa shape index (κ2) is 9.45. The molecule has 1 aromatic rings. The molecule has 0 aromatic carbocycles. The SMILES string of the molecule is CC(C)CNC(=O)[C@@H]1CCCN(C(=O)c2cnc(OCC(F)(F)F)c(Cl)c2)C1. The van der Waals surface area contributed by atoms with Crippen molar-refractivity contribution in [1.29, 1.82) is 0 Å². The third-order valence-electron chi connectivity index (χ3n) is 4.19. The van der Waals surface area contributed by atoms with Crippen LogP contribution in [0.1, 0.15) is 37.0 Å². The van der Waals surface area contributed by atoms with Crippen LogP contribution in [0, 0.1) is 11.8 Å². The van der Waals surface area contributed by atoms with Crippen molar-refractivity contribution in [3.63, 3.8) is 0 Å². The van der Waals surface area contributed by atoms with E-state index in [-0.39, 0.29) is 40.7 Å². The second-order valence-corrected chi connectivity index (χ2v) is 7.55. The first-order chi connectivity index (χ1) is 13.1. The largest absolute Gasteiger partial charge is 0.467 e. The molecule has 0 radical (unpaired) electrons. The molecular formula is C18H23ClF3N3O3. The van der Waals surface area contributed by atoms with E-state index in [1.54, 1.807) is 0 Å². The number of alkyl halides is 3. The van der Waals surface area contributed by atoms with E-state index in [1.807, 2.05) is 13.8 Å². The first-order valence-electron chi connectivity index (χ1n) is 8.99. The fraction of sp³-hybridized carbons (Fsp3) is 0.611. The molecular weight excluding hydrogens is 399 g/mol. The summed E-state index contributed by atoms with van der Waals surface area (Å²) >= 11 is 5.90. The fourth-order valence-corrected chi connectivity index (χ4v) is 3.03. The number of carbonyl (C=O) groups is 2. The molecule has 0 spiro atoms. The summed E-state index contributed by atoms with van der Waals surface area (Å²) in [7, 11) is 0. The highest BCUT2D eigenvalue weighted by Gasteiger charge is 2.31. The molecule has 0 saturated carbocycles. The molecule has 2 heterocycles. The standard InChI is InChI=1S/C18H23ClF3N3O3/c1-11(2)7-23-15(26)12-4-3-5-25(9-12)17(27)13-6-14(19)16(24-8-13)28-10-18(20,21)22/h6,8,11-12H,3-5,7,9-10H2,1-2H3,(H,23,26)/t12-/m1/s1. The van der Waals surface area contributed by atoms with Crippen LogP contribution in [0.15, 0.2) is 12.3 Å². The Bertz CT molecular complexity index is 713. The number of likely N-dealkylation sites (tertiary alicyclic amines) is 1. The van der Waals surface area contributed by atoms with Gasteiger partial charge in [-0.2, -0.15) is 13.2 Å². The van der Waals surface area contributed by atoms with Crippen LogP contribution in [0.4, 0.5) is 13.2 Å². The van der Waals surface area contributed by atoms with Gasteiger partial charge >= 0.3 is 6.18 Å². The molecule has 156 valence electrons. The van der Waals surface area contributed by atoms with Crippen LogP contribution >= 0.6 is 11.6 Å². The predicted octanol–water partition coefficient (Wildman–Crippen LogP) is 3.30. The summed E-state index contributed by atoms with van der Waals surface area (Å²) in [5.74, 6) is -0.817. The summed E-state index contributed by atoms with van der Waals surface area (Å²) in [6, 6.07) is 1.23. The minimum absolute atomic E-state index is 0.0849. The lowest BCUT2D eigenvalue weighted by Gasteiger charge is -2.32. The minimum atomic E-state index is -4.52. The van der Waals surface area contributed by atoms with E-state index in [0.717, 1.165) is 6.20 Å². The van der Waals surface area contributed by atoms with Gasteiger partial charge in [-0.1, -0.05) is 25.4 Å². The van der Waals surface area contributed by atoms with Crippen molar-refractivity contribution in [2.45, 2.75) is 32.9 Å². The predicted molar refractivity (Wildman–Crippen MR) is 97.3 cm³/mol. The highest BCUT2D eigenvalue weighted by molar-refractivity contribution is 6.32. The van der Waals surface area contributed by atoms with E-state index in [9.17, 15) is 22.8 Å². The van der Waals surface area contributed by atoms with Crippen LogP contribution in [0.5, 0.6) is 5.88 Å². The molecule has 1 fully saturated rings. The number of pyridine rings is 1. The topological polar surface area (TPSA) is 71.5 Å². The van der Waals surface area contributed by atoms with Crippen LogP contribution in [-0.4, -0.2) is 54.1 Å². The zero-order chi connectivity index (χ0) is 20.9. The molecule has 1 N–H and O–H groups in total. The average Bonchev–Trinajstić information content (AvgIpc) is 2.63. The Labute approximate surface area is 166 Å². The lowest BCUT2D eigenvalue weighted by atomic mass is 9.96. The zero-order valence-corrected chi connectivity index (χ0v) is 16.4. The molecule has 1 atom stereocenters. The van der Waals surface area contributed by atoms with Crippen LogP contribution in [-0.2, 0) is 4.79 Å². The molecule has 1 saturated heterocycles. The number of hydrogen-bond donors (Lipinski definition) is 1. The maximum Gasteiger partial charge on any atom is 0.422 e. The van der Waals surface area contributed by atoms with Gasteiger partial charge in [-0.15, -0.1) is 0 Å². The number of nitrogens with one attached hydrogen (secondary N) is 1. The second-order valence-electron chi connectivity index (χ2n) is 7.14. The number of halogens is 4. The third-order valence-corrected chi connectivity index (χ3v) is 4.46. The van der Waals surface area contributed by atoms with E-state index in [0.29, 0.717) is 31.8 Å². The first kappa shape index (κ1) is 22.3. The Hall–Kier alpha value is -2.03. The summed E-state index contributed by atoms with van der Waals surface area (Å²) < 4.78 is 41.2. The van der Waals surface area contributed by atoms with Crippen molar-refractivity contribution in [2.24, 2.45) is 11.8 Å². The van der Waals surface area contributed by atoms with Crippen LogP contribution in [0.25, 0.3) is 0 Å². The van der Waals surface area contributed by atoms with Crippen molar-refractivity contribution in [3.8, 4) is 5.88 Å². The van der Waals surface area contributed by atoms with Gasteiger partial charge in [0.15, 0.2) is 6.61 Å². The summed E-state index contributed by atoms with van der Waals surface area (Å²) in [6.07, 6.45) is -2.02. The fourth-order valence-electron chi connectivity index (χ4n) is 2.81. The van der Waals surface area contributed by atoms with Gasteiger partial charge < -0.3 is 15.0 Å². The number of piperidine rings is 1. The van der Waals surface area contributed by atoms with Crippen LogP contribution < -0.4 is 10.1 Å². The highest BCUT2D eigenvalue weighted by Crippen LogP contribution is 2.26. The van der Waals surface area contributed by atoms with E-state index < -0.39 is 12.8 Å². The van der Waals surface area contributed by atoms with Crippen molar-refractivity contribution < 1.29 is 27.5 Å². The molecule has 0 aliphatic carbocycles.